The summed E-state index contributed by atoms with van der Waals surface area (Å²) in [6.45, 7) is 8.86. The minimum Gasteiger partial charge on any atom is -0.366 e. The molecule has 0 spiro atoms. The molecule has 1 aliphatic heterocycles. The number of aromatic nitrogens is 1. The lowest BCUT2D eigenvalue weighted by atomic mass is 9.99. The molecule has 20 heavy (non-hydrogen) atoms. The van der Waals surface area contributed by atoms with E-state index in [0.29, 0.717) is 18.9 Å². The Bertz CT molecular complexity index is 530. The molecule has 1 aromatic heterocycles. The molecule has 0 atom stereocenters. The van der Waals surface area contributed by atoms with Gasteiger partial charge in [0.25, 0.3) is 0 Å². The van der Waals surface area contributed by atoms with Crippen molar-refractivity contribution in [2.75, 3.05) is 18.0 Å². The van der Waals surface area contributed by atoms with Gasteiger partial charge >= 0.3 is 5.69 Å². The second kappa shape index (κ2) is 4.86. The number of ether oxygens (including phenoxy) is 1. The maximum Gasteiger partial charge on any atom is 0.311 e. The second-order valence-corrected chi connectivity index (χ2v) is 6.60. The average Bonchev–Trinajstić information content (AvgIpc) is 2.24. The van der Waals surface area contributed by atoms with Crippen molar-refractivity contribution in [3.8, 4) is 0 Å². The minimum atomic E-state index is -0.436. The van der Waals surface area contributed by atoms with Gasteiger partial charge in [-0.1, -0.05) is 11.6 Å². The molecular formula is C13H18ClN3O3. The van der Waals surface area contributed by atoms with Gasteiger partial charge in [-0.05, 0) is 33.8 Å². The van der Waals surface area contributed by atoms with Gasteiger partial charge in [0.2, 0.25) is 5.82 Å². The number of hydrogen-bond donors (Lipinski definition) is 0. The smallest absolute Gasteiger partial charge is 0.311 e. The van der Waals surface area contributed by atoms with Crippen molar-refractivity contribution in [2.45, 2.75) is 38.9 Å². The molecule has 1 aliphatic rings. The van der Waals surface area contributed by atoms with Gasteiger partial charge < -0.3 is 9.64 Å². The summed E-state index contributed by atoms with van der Waals surface area (Å²) >= 11 is 5.89. The second-order valence-electron chi connectivity index (χ2n) is 6.21. The van der Waals surface area contributed by atoms with Gasteiger partial charge in [-0.3, -0.25) is 10.1 Å². The van der Waals surface area contributed by atoms with Gasteiger partial charge in [0, 0.05) is 19.2 Å². The number of halogens is 1. The van der Waals surface area contributed by atoms with Crippen LogP contribution in [0, 0.1) is 10.1 Å². The van der Waals surface area contributed by atoms with Crippen molar-refractivity contribution in [2.24, 2.45) is 0 Å². The molecule has 2 heterocycles. The SMILES string of the molecule is CC1(C)CN(c2nc(Cl)ccc2[N+](=O)[O-])CC(C)(C)O1. The highest BCUT2D eigenvalue weighted by atomic mass is 35.5. The number of anilines is 1. The third kappa shape index (κ3) is 3.19. The van der Waals surface area contributed by atoms with Gasteiger partial charge in [-0.15, -0.1) is 0 Å². The van der Waals surface area contributed by atoms with Crippen LogP contribution >= 0.6 is 11.6 Å². The van der Waals surface area contributed by atoms with E-state index < -0.39 is 16.1 Å². The summed E-state index contributed by atoms with van der Waals surface area (Å²) in [7, 11) is 0. The Kier molecular flexibility index (Phi) is 3.64. The first-order valence-electron chi connectivity index (χ1n) is 6.36. The lowest BCUT2D eigenvalue weighted by Gasteiger charge is -2.47. The largest absolute Gasteiger partial charge is 0.366 e. The van der Waals surface area contributed by atoms with Crippen LogP contribution in [0.5, 0.6) is 0 Å². The fraction of sp³-hybridized carbons (Fsp3) is 0.615. The van der Waals surface area contributed by atoms with Crippen LogP contribution in [-0.2, 0) is 4.74 Å². The first kappa shape index (κ1) is 15.0. The molecule has 0 amide bonds. The lowest BCUT2D eigenvalue weighted by Crippen LogP contribution is -2.57. The highest BCUT2D eigenvalue weighted by molar-refractivity contribution is 6.29. The molecule has 110 valence electrons. The molecule has 0 N–H and O–H groups in total. The zero-order chi connectivity index (χ0) is 15.1. The van der Waals surface area contributed by atoms with E-state index in [1.54, 1.807) is 0 Å². The summed E-state index contributed by atoms with van der Waals surface area (Å²) in [5, 5.41) is 11.4. The van der Waals surface area contributed by atoms with Gasteiger partial charge in [0.15, 0.2) is 0 Å². The number of nitro groups is 1. The molecule has 6 nitrogen and oxygen atoms in total. The standard InChI is InChI=1S/C13H18ClN3O3/c1-12(2)7-16(8-13(3,4)20-12)11-9(17(18)19)5-6-10(14)15-11/h5-6H,7-8H2,1-4H3. The number of morpholine rings is 1. The fourth-order valence-corrected chi connectivity index (χ4v) is 2.87. The highest BCUT2D eigenvalue weighted by Crippen LogP contribution is 2.35. The molecule has 2 rings (SSSR count). The molecule has 0 saturated carbocycles. The van der Waals surface area contributed by atoms with Crippen LogP contribution in [0.4, 0.5) is 11.5 Å². The molecule has 0 aromatic carbocycles. The molecule has 7 heteroatoms. The van der Waals surface area contributed by atoms with Gasteiger partial charge in [-0.2, -0.15) is 0 Å². The van der Waals surface area contributed by atoms with Crippen LogP contribution in [0.25, 0.3) is 0 Å². The van der Waals surface area contributed by atoms with E-state index in [1.165, 1.54) is 12.1 Å². The summed E-state index contributed by atoms with van der Waals surface area (Å²) in [6, 6.07) is 2.82. The number of rotatable bonds is 2. The molecular weight excluding hydrogens is 282 g/mol. The zero-order valence-corrected chi connectivity index (χ0v) is 12.8. The molecule has 1 aromatic rings. The van der Waals surface area contributed by atoms with E-state index in [1.807, 2.05) is 32.6 Å². The summed E-state index contributed by atoms with van der Waals surface area (Å²) in [6.07, 6.45) is 0. The monoisotopic (exact) mass is 299 g/mol. The summed E-state index contributed by atoms with van der Waals surface area (Å²) in [4.78, 5) is 16.7. The van der Waals surface area contributed by atoms with Gasteiger partial charge in [0.05, 0.1) is 16.1 Å². The van der Waals surface area contributed by atoms with Crippen LogP contribution in [0.3, 0.4) is 0 Å². The summed E-state index contributed by atoms with van der Waals surface area (Å²) in [5.74, 6) is 0.298. The van der Waals surface area contributed by atoms with Crippen molar-refractivity contribution in [1.29, 1.82) is 0 Å². The van der Waals surface area contributed by atoms with Gasteiger partial charge in [-0.25, -0.2) is 4.98 Å². The Morgan fingerprint density at radius 1 is 1.30 bits per heavy atom. The number of pyridine rings is 1. The van der Waals surface area contributed by atoms with E-state index in [0.717, 1.165) is 0 Å². The molecule has 1 fully saturated rings. The van der Waals surface area contributed by atoms with Crippen molar-refractivity contribution >= 4 is 23.1 Å². The van der Waals surface area contributed by atoms with Gasteiger partial charge in [0.1, 0.15) is 5.15 Å². The topological polar surface area (TPSA) is 68.5 Å². The summed E-state index contributed by atoms with van der Waals surface area (Å²) < 4.78 is 5.97. The van der Waals surface area contributed by atoms with Crippen LogP contribution in [0.2, 0.25) is 5.15 Å². The van der Waals surface area contributed by atoms with E-state index >= 15 is 0 Å². The summed E-state index contributed by atoms with van der Waals surface area (Å²) in [5.41, 5.74) is -0.873. The van der Waals surface area contributed by atoms with E-state index in [9.17, 15) is 10.1 Å². The van der Waals surface area contributed by atoms with Crippen molar-refractivity contribution in [1.82, 2.24) is 4.98 Å². The molecule has 0 unspecified atom stereocenters. The first-order valence-corrected chi connectivity index (χ1v) is 6.74. The Labute approximate surface area is 122 Å². The third-order valence-corrected chi connectivity index (χ3v) is 3.22. The van der Waals surface area contributed by atoms with Crippen LogP contribution in [-0.4, -0.2) is 34.2 Å². The van der Waals surface area contributed by atoms with E-state index in [-0.39, 0.29) is 10.8 Å². The number of nitrogens with zero attached hydrogens (tertiary/aromatic N) is 3. The lowest BCUT2D eigenvalue weighted by molar-refractivity contribution is -0.384. The molecule has 0 bridgehead atoms. The maximum absolute atomic E-state index is 11.2. The molecule has 0 radical (unpaired) electrons. The average molecular weight is 300 g/mol. The van der Waals surface area contributed by atoms with E-state index in [2.05, 4.69) is 4.98 Å². The molecule has 0 aliphatic carbocycles. The maximum atomic E-state index is 11.2. The van der Waals surface area contributed by atoms with Crippen molar-refractivity contribution in [3.05, 3.63) is 27.4 Å². The predicted octanol–water partition coefficient (Wildman–Crippen LogP) is 3.04. The quantitative estimate of drug-likeness (QED) is 0.477. The Morgan fingerprint density at radius 3 is 2.35 bits per heavy atom. The number of hydrogen-bond acceptors (Lipinski definition) is 5. The van der Waals surface area contributed by atoms with Crippen LogP contribution in [0.1, 0.15) is 27.7 Å². The Hall–Kier alpha value is -1.40. The molecule has 1 saturated heterocycles. The Balaban J connectivity index is 2.45. The highest BCUT2D eigenvalue weighted by Gasteiger charge is 2.40. The minimum absolute atomic E-state index is 0.0390. The normalized spacial score (nSPS) is 20.8. The van der Waals surface area contributed by atoms with Crippen molar-refractivity contribution in [3.63, 3.8) is 0 Å². The van der Waals surface area contributed by atoms with Crippen LogP contribution in [0.15, 0.2) is 12.1 Å². The van der Waals surface area contributed by atoms with Crippen molar-refractivity contribution < 1.29 is 9.66 Å². The third-order valence-electron chi connectivity index (χ3n) is 3.01. The predicted molar refractivity (Wildman–Crippen MR) is 77.4 cm³/mol. The Morgan fingerprint density at radius 2 is 1.85 bits per heavy atom. The zero-order valence-electron chi connectivity index (χ0n) is 12.0. The first-order chi connectivity index (χ1) is 9.10. The van der Waals surface area contributed by atoms with Crippen LogP contribution < -0.4 is 4.90 Å². The van der Waals surface area contributed by atoms with E-state index in [4.69, 9.17) is 16.3 Å². The fourth-order valence-electron chi connectivity index (χ4n) is 2.73.